The smallest absolute Gasteiger partial charge is 0.284 e. The van der Waals surface area contributed by atoms with E-state index in [1.807, 2.05) is 44.4 Å². The summed E-state index contributed by atoms with van der Waals surface area (Å²) in [5.41, 5.74) is 3.91. The zero-order chi connectivity index (χ0) is 12.4. The molecule has 3 nitrogen and oxygen atoms in total. The molecule has 0 saturated heterocycles. The minimum Gasteiger partial charge on any atom is -0.320 e. The number of rotatable bonds is 2. The van der Waals surface area contributed by atoms with Gasteiger partial charge in [-0.25, -0.2) is 4.98 Å². The second kappa shape index (κ2) is 4.67. The van der Waals surface area contributed by atoms with E-state index in [2.05, 4.69) is 10.3 Å². The minimum atomic E-state index is -0.142. The molecule has 0 unspecified atom stereocenters. The van der Waals surface area contributed by atoms with Crippen LogP contribution < -0.4 is 5.32 Å². The van der Waals surface area contributed by atoms with Crippen molar-refractivity contribution in [2.75, 3.05) is 5.32 Å². The first-order chi connectivity index (χ1) is 8.06. The average Bonchev–Trinajstić information content (AvgIpc) is 2.70. The van der Waals surface area contributed by atoms with Gasteiger partial charge >= 0.3 is 0 Å². The number of aromatic nitrogens is 1. The fourth-order valence-corrected chi connectivity index (χ4v) is 2.19. The number of benzene rings is 1. The van der Waals surface area contributed by atoms with Gasteiger partial charge in [-0.05, 0) is 38.0 Å². The maximum atomic E-state index is 11.9. The average molecular weight is 246 g/mol. The highest BCUT2D eigenvalue weighted by Gasteiger charge is 2.11. The monoisotopic (exact) mass is 246 g/mol. The van der Waals surface area contributed by atoms with Crippen LogP contribution in [0.5, 0.6) is 0 Å². The van der Waals surface area contributed by atoms with Crippen molar-refractivity contribution in [2.24, 2.45) is 0 Å². The van der Waals surface area contributed by atoms with Crippen LogP contribution in [0.4, 0.5) is 5.69 Å². The number of carbonyl (C=O) groups excluding carboxylic acids is 1. The van der Waals surface area contributed by atoms with Crippen molar-refractivity contribution in [2.45, 2.75) is 20.8 Å². The summed E-state index contributed by atoms with van der Waals surface area (Å²) in [6.45, 7) is 5.86. The molecule has 1 aromatic heterocycles. The number of hydrogen-bond acceptors (Lipinski definition) is 3. The Hall–Kier alpha value is -1.68. The molecule has 0 fully saturated rings. The maximum absolute atomic E-state index is 11.9. The van der Waals surface area contributed by atoms with E-state index in [0.29, 0.717) is 5.01 Å². The van der Waals surface area contributed by atoms with E-state index in [9.17, 15) is 4.79 Å². The summed E-state index contributed by atoms with van der Waals surface area (Å²) in [4.78, 5) is 16.1. The standard InChI is InChI=1S/C13H14N2OS/c1-8-4-5-9(2)11(6-8)15-12(16)13-14-10(3)7-17-13/h4-7H,1-3H3,(H,15,16). The summed E-state index contributed by atoms with van der Waals surface area (Å²) in [6, 6.07) is 5.99. The first-order valence-corrected chi connectivity index (χ1v) is 6.25. The van der Waals surface area contributed by atoms with E-state index in [1.165, 1.54) is 11.3 Å². The van der Waals surface area contributed by atoms with Gasteiger partial charge < -0.3 is 5.32 Å². The predicted molar refractivity (Wildman–Crippen MR) is 70.7 cm³/mol. The first-order valence-electron chi connectivity index (χ1n) is 5.37. The first kappa shape index (κ1) is 11.8. The Morgan fingerprint density at radius 3 is 2.71 bits per heavy atom. The van der Waals surface area contributed by atoms with Crippen LogP contribution in [0.1, 0.15) is 26.6 Å². The van der Waals surface area contributed by atoms with Crippen molar-refractivity contribution >= 4 is 22.9 Å². The van der Waals surface area contributed by atoms with Gasteiger partial charge in [-0.15, -0.1) is 11.3 Å². The molecule has 2 aromatic rings. The molecule has 0 aliphatic rings. The lowest BCUT2D eigenvalue weighted by Crippen LogP contribution is -2.12. The molecule has 1 aromatic carbocycles. The molecule has 0 radical (unpaired) electrons. The number of aryl methyl sites for hydroxylation is 3. The Morgan fingerprint density at radius 1 is 1.29 bits per heavy atom. The molecule has 0 aliphatic carbocycles. The summed E-state index contributed by atoms with van der Waals surface area (Å²) >= 11 is 1.36. The summed E-state index contributed by atoms with van der Waals surface area (Å²) < 4.78 is 0. The van der Waals surface area contributed by atoms with Gasteiger partial charge in [0.25, 0.3) is 5.91 Å². The zero-order valence-corrected chi connectivity index (χ0v) is 10.9. The van der Waals surface area contributed by atoms with Crippen LogP contribution in [0, 0.1) is 20.8 Å². The van der Waals surface area contributed by atoms with Gasteiger partial charge in [-0.1, -0.05) is 12.1 Å². The molecule has 1 heterocycles. The summed E-state index contributed by atoms with van der Waals surface area (Å²) in [6.07, 6.45) is 0. The van der Waals surface area contributed by atoms with E-state index in [1.54, 1.807) is 0 Å². The molecule has 88 valence electrons. The molecule has 1 amide bonds. The van der Waals surface area contributed by atoms with E-state index in [-0.39, 0.29) is 5.91 Å². The Labute approximate surface area is 105 Å². The van der Waals surface area contributed by atoms with E-state index in [4.69, 9.17) is 0 Å². The molecular formula is C13H14N2OS. The van der Waals surface area contributed by atoms with Gasteiger partial charge in [0.05, 0.1) is 0 Å². The van der Waals surface area contributed by atoms with Crippen molar-refractivity contribution in [3.63, 3.8) is 0 Å². The number of carbonyl (C=O) groups is 1. The number of nitrogens with one attached hydrogen (secondary N) is 1. The summed E-state index contributed by atoms with van der Waals surface area (Å²) in [5, 5.41) is 5.27. The molecule has 2 rings (SSSR count). The normalized spacial score (nSPS) is 10.3. The topological polar surface area (TPSA) is 42.0 Å². The molecule has 0 atom stereocenters. The van der Waals surface area contributed by atoms with Crippen molar-refractivity contribution < 1.29 is 4.79 Å². The Kier molecular flexibility index (Phi) is 3.24. The second-order valence-corrected chi connectivity index (χ2v) is 4.92. The Bertz CT molecular complexity index is 560. The van der Waals surface area contributed by atoms with Crippen molar-refractivity contribution in [3.8, 4) is 0 Å². The number of thiazole rings is 1. The van der Waals surface area contributed by atoms with Gasteiger partial charge in [-0.2, -0.15) is 0 Å². The van der Waals surface area contributed by atoms with Crippen LogP contribution in [0.3, 0.4) is 0 Å². The zero-order valence-electron chi connectivity index (χ0n) is 10.1. The molecule has 0 aliphatic heterocycles. The van der Waals surface area contributed by atoms with Crippen molar-refractivity contribution in [1.29, 1.82) is 0 Å². The highest BCUT2D eigenvalue weighted by atomic mass is 32.1. The molecule has 1 N–H and O–H groups in total. The summed E-state index contributed by atoms with van der Waals surface area (Å²) in [5.74, 6) is -0.142. The lowest BCUT2D eigenvalue weighted by Gasteiger charge is -2.07. The largest absolute Gasteiger partial charge is 0.320 e. The third-order valence-electron chi connectivity index (χ3n) is 2.45. The molecule has 17 heavy (non-hydrogen) atoms. The van der Waals surface area contributed by atoms with Crippen LogP contribution in [0.2, 0.25) is 0 Å². The number of anilines is 1. The molecular weight excluding hydrogens is 232 g/mol. The van der Waals surface area contributed by atoms with Gasteiger partial charge in [0.1, 0.15) is 0 Å². The van der Waals surface area contributed by atoms with Gasteiger partial charge in [0, 0.05) is 16.8 Å². The van der Waals surface area contributed by atoms with Crippen LogP contribution in [0.25, 0.3) is 0 Å². The lowest BCUT2D eigenvalue weighted by atomic mass is 10.1. The fourth-order valence-electron chi connectivity index (χ4n) is 1.50. The highest BCUT2D eigenvalue weighted by molar-refractivity contribution is 7.11. The molecule has 4 heteroatoms. The Balaban J connectivity index is 2.21. The minimum absolute atomic E-state index is 0.142. The molecule has 0 bridgehead atoms. The SMILES string of the molecule is Cc1ccc(C)c(NC(=O)c2nc(C)cs2)c1. The van der Waals surface area contributed by atoms with E-state index in [0.717, 1.165) is 22.5 Å². The van der Waals surface area contributed by atoms with Crippen molar-refractivity contribution in [1.82, 2.24) is 4.98 Å². The number of hydrogen-bond donors (Lipinski definition) is 1. The van der Waals surface area contributed by atoms with Crippen LogP contribution in [-0.4, -0.2) is 10.9 Å². The molecule has 0 saturated carbocycles. The van der Waals surface area contributed by atoms with Gasteiger partial charge in [0.2, 0.25) is 0 Å². The molecule has 0 spiro atoms. The predicted octanol–water partition coefficient (Wildman–Crippen LogP) is 3.32. The summed E-state index contributed by atoms with van der Waals surface area (Å²) in [7, 11) is 0. The van der Waals surface area contributed by atoms with E-state index >= 15 is 0 Å². The van der Waals surface area contributed by atoms with Crippen LogP contribution >= 0.6 is 11.3 Å². The van der Waals surface area contributed by atoms with Gasteiger partial charge in [0.15, 0.2) is 5.01 Å². The quantitative estimate of drug-likeness (QED) is 0.883. The number of nitrogens with zero attached hydrogens (tertiary/aromatic N) is 1. The van der Waals surface area contributed by atoms with Crippen molar-refractivity contribution in [3.05, 3.63) is 45.4 Å². The lowest BCUT2D eigenvalue weighted by molar-refractivity contribution is 0.102. The van der Waals surface area contributed by atoms with E-state index < -0.39 is 0 Å². The third-order valence-corrected chi connectivity index (χ3v) is 3.41. The maximum Gasteiger partial charge on any atom is 0.284 e. The third kappa shape index (κ3) is 2.71. The Morgan fingerprint density at radius 2 is 2.06 bits per heavy atom. The van der Waals surface area contributed by atoms with Crippen LogP contribution in [0.15, 0.2) is 23.6 Å². The van der Waals surface area contributed by atoms with Gasteiger partial charge in [-0.3, -0.25) is 4.79 Å². The second-order valence-electron chi connectivity index (χ2n) is 4.07. The highest BCUT2D eigenvalue weighted by Crippen LogP contribution is 2.18. The number of amides is 1. The van der Waals surface area contributed by atoms with Crippen LogP contribution in [-0.2, 0) is 0 Å². The fraction of sp³-hybridized carbons (Fsp3) is 0.231.